The van der Waals surface area contributed by atoms with Gasteiger partial charge in [0, 0.05) is 7.05 Å². The van der Waals surface area contributed by atoms with Gasteiger partial charge >= 0.3 is 0 Å². The molecule has 1 N–H and O–H groups in total. The molecule has 1 heterocycles. The zero-order valence-electron chi connectivity index (χ0n) is 10.5. The Bertz CT molecular complexity index is 541. The lowest BCUT2D eigenvalue weighted by Gasteiger charge is -2.17. The van der Waals surface area contributed by atoms with Crippen molar-refractivity contribution in [1.29, 1.82) is 0 Å². The monoisotopic (exact) mass is 250 g/mol. The topological polar surface area (TPSA) is 52.0 Å². The van der Waals surface area contributed by atoms with Crippen LogP contribution >= 0.6 is 0 Å². The fraction of sp³-hybridized carbons (Fsp3) is 0.333. The van der Waals surface area contributed by atoms with Gasteiger partial charge in [-0.1, -0.05) is 11.3 Å². The van der Waals surface area contributed by atoms with Crippen molar-refractivity contribution in [3.63, 3.8) is 0 Å². The van der Waals surface area contributed by atoms with Gasteiger partial charge in [0.05, 0.1) is 25.0 Å². The molecule has 2 aromatic rings. The second kappa shape index (κ2) is 5.14. The predicted molar refractivity (Wildman–Crippen MR) is 64.9 cm³/mol. The fourth-order valence-electron chi connectivity index (χ4n) is 1.90. The van der Waals surface area contributed by atoms with Gasteiger partial charge in [0.1, 0.15) is 0 Å². The standard InChI is InChI=1S/C12H15FN4O/c1-14-12(10-7-15-16-17(10)2)8-4-5-9(13)11(6-8)18-3/h4-7,12,14H,1-3H3. The van der Waals surface area contributed by atoms with E-state index in [2.05, 4.69) is 15.6 Å². The number of hydrogen-bond acceptors (Lipinski definition) is 4. The minimum atomic E-state index is -0.376. The average molecular weight is 250 g/mol. The van der Waals surface area contributed by atoms with E-state index in [0.717, 1.165) is 11.3 Å². The van der Waals surface area contributed by atoms with Gasteiger partial charge in [0.2, 0.25) is 0 Å². The summed E-state index contributed by atoms with van der Waals surface area (Å²) in [6, 6.07) is 4.66. The first-order chi connectivity index (χ1) is 8.67. The van der Waals surface area contributed by atoms with E-state index in [1.807, 2.05) is 14.1 Å². The summed E-state index contributed by atoms with van der Waals surface area (Å²) in [4.78, 5) is 0. The van der Waals surface area contributed by atoms with Gasteiger partial charge in [-0.15, -0.1) is 5.10 Å². The van der Waals surface area contributed by atoms with Crippen LogP contribution in [-0.4, -0.2) is 29.2 Å². The molecule has 0 bridgehead atoms. The highest BCUT2D eigenvalue weighted by Gasteiger charge is 2.17. The van der Waals surface area contributed by atoms with E-state index in [1.165, 1.54) is 13.2 Å². The highest BCUT2D eigenvalue weighted by molar-refractivity contribution is 5.35. The zero-order valence-corrected chi connectivity index (χ0v) is 10.5. The van der Waals surface area contributed by atoms with Crippen molar-refractivity contribution in [1.82, 2.24) is 20.3 Å². The summed E-state index contributed by atoms with van der Waals surface area (Å²) >= 11 is 0. The molecule has 0 saturated carbocycles. The third-order valence-corrected chi connectivity index (χ3v) is 2.84. The van der Waals surface area contributed by atoms with Crippen LogP contribution in [0.25, 0.3) is 0 Å². The third-order valence-electron chi connectivity index (χ3n) is 2.84. The Labute approximate surface area is 105 Å². The summed E-state index contributed by atoms with van der Waals surface area (Å²) in [5, 5.41) is 10.9. The van der Waals surface area contributed by atoms with Crippen LogP contribution in [0.5, 0.6) is 5.75 Å². The number of ether oxygens (including phenoxy) is 1. The summed E-state index contributed by atoms with van der Waals surface area (Å²) in [6.45, 7) is 0. The SMILES string of the molecule is CNC(c1ccc(F)c(OC)c1)c1cnnn1C. The summed E-state index contributed by atoms with van der Waals surface area (Å²) in [7, 11) is 5.09. The smallest absolute Gasteiger partial charge is 0.165 e. The third kappa shape index (κ3) is 2.19. The fourth-order valence-corrected chi connectivity index (χ4v) is 1.90. The molecule has 0 radical (unpaired) electrons. The second-order valence-electron chi connectivity index (χ2n) is 3.90. The van der Waals surface area contributed by atoms with Crippen LogP contribution in [0.15, 0.2) is 24.4 Å². The number of rotatable bonds is 4. The van der Waals surface area contributed by atoms with E-state index in [0.29, 0.717) is 0 Å². The van der Waals surface area contributed by atoms with Gasteiger partial charge in [-0.3, -0.25) is 4.68 Å². The van der Waals surface area contributed by atoms with Gasteiger partial charge in [0.15, 0.2) is 11.6 Å². The van der Waals surface area contributed by atoms with Gasteiger partial charge in [-0.05, 0) is 24.7 Å². The van der Waals surface area contributed by atoms with Gasteiger partial charge in [-0.25, -0.2) is 4.39 Å². The van der Waals surface area contributed by atoms with E-state index >= 15 is 0 Å². The maximum Gasteiger partial charge on any atom is 0.165 e. The number of nitrogens with one attached hydrogen (secondary N) is 1. The number of nitrogens with zero attached hydrogens (tertiary/aromatic N) is 3. The summed E-state index contributed by atoms with van der Waals surface area (Å²) in [6.07, 6.45) is 1.68. The van der Waals surface area contributed by atoms with E-state index in [4.69, 9.17) is 4.74 Å². The largest absolute Gasteiger partial charge is 0.494 e. The number of methoxy groups -OCH3 is 1. The van der Waals surface area contributed by atoms with Crippen LogP contribution in [-0.2, 0) is 7.05 Å². The van der Waals surface area contributed by atoms with Crippen molar-refractivity contribution in [2.45, 2.75) is 6.04 Å². The average Bonchev–Trinajstić information content (AvgIpc) is 2.79. The van der Waals surface area contributed by atoms with E-state index in [9.17, 15) is 4.39 Å². The Kier molecular flexibility index (Phi) is 3.57. The summed E-state index contributed by atoms with van der Waals surface area (Å²) in [5.41, 5.74) is 1.78. The summed E-state index contributed by atoms with van der Waals surface area (Å²) in [5.74, 6) is -0.151. The van der Waals surface area contributed by atoms with Crippen LogP contribution in [0.2, 0.25) is 0 Å². The van der Waals surface area contributed by atoms with Crippen LogP contribution in [0.4, 0.5) is 4.39 Å². The maximum absolute atomic E-state index is 13.4. The van der Waals surface area contributed by atoms with E-state index in [1.54, 1.807) is 23.0 Å². The predicted octanol–water partition coefficient (Wildman–Crippen LogP) is 1.27. The van der Waals surface area contributed by atoms with Gasteiger partial charge in [-0.2, -0.15) is 0 Å². The highest BCUT2D eigenvalue weighted by atomic mass is 19.1. The molecule has 1 atom stereocenters. The number of aromatic nitrogens is 3. The molecule has 0 aliphatic rings. The van der Waals surface area contributed by atoms with Crippen molar-refractivity contribution >= 4 is 0 Å². The molecule has 1 aromatic carbocycles. The van der Waals surface area contributed by atoms with Crippen LogP contribution in [0.3, 0.4) is 0 Å². The molecule has 0 aliphatic carbocycles. The van der Waals surface area contributed by atoms with Crippen molar-refractivity contribution in [2.75, 3.05) is 14.2 Å². The van der Waals surface area contributed by atoms with Crippen LogP contribution in [0, 0.1) is 5.82 Å². The number of hydrogen-bond donors (Lipinski definition) is 1. The number of halogens is 1. The quantitative estimate of drug-likeness (QED) is 0.888. The first-order valence-electron chi connectivity index (χ1n) is 5.52. The Morgan fingerprint density at radius 2 is 2.22 bits per heavy atom. The van der Waals surface area contributed by atoms with Crippen molar-refractivity contribution in [3.05, 3.63) is 41.5 Å². The second-order valence-corrected chi connectivity index (χ2v) is 3.90. The molecule has 18 heavy (non-hydrogen) atoms. The Morgan fingerprint density at radius 3 is 2.78 bits per heavy atom. The van der Waals surface area contributed by atoms with Crippen molar-refractivity contribution in [3.8, 4) is 5.75 Å². The van der Waals surface area contributed by atoms with Crippen molar-refractivity contribution < 1.29 is 9.13 Å². The van der Waals surface area contributed by atoms with E-state index in [-0.39, 0.29) is 17.6 Å². The van der Waals surface area contributed by atoms with Gasteiger partial charge < -0.3 is 10.1 Å². The molecule has 6 heteroatoms. The van der Waals surface area contributed by atoms with Crippen LogP contribution < -0.4 is 10.1 Å². The molecule has 0 aliphatic heterocycles. The van der Waals surface area contributed by atoms with Crippen molar-refractivity contribution in [2.24, 2.45) is 7.05 Å². The highest BCUT2D eigenvalue weighted by Crippen LogP contribution is 2.26. The molecule has 0 amide bonds. The molecule has 1 unspecified atom stereocenters. The Hall–Kier alpha value is -1.95. The minimum absolute atomic E-state index is 0.112. The lowest BCUT2D eigenvalue weighted by molar-refractivity contribution is 0.385. The molecule has 0 fully saturated rings. The molecule has 1 aromatic heterocycles. The van der Waals surface area contributed by atoms with Crippen LogP contribution in [0.1, 0.15) is 17.3 Å². The number of aryl methyl sites for hydroxylation is 1. The minimum Gasteiger partial charge on any atom is -0.494 e. The zero-order chi connectivity index (χ0) is 13.1. The number of benzene rings is 1. The molecular formula is C12H15FN4O. The maximum atomic E-state index is 13.4. The lowest BCUT2D eigenvalue weighted by atomic mass is 10.0. The summed E-state index contributed by atoms with van der Waals surface area (Å²) < 4.78 is 20.0. The molecular weight excluding hydrogens is 235 g/mol. The molecule has 0 saturated heterocycles. The first-order valence-corrected chi connectivity index (χ1v) is 5.52. The Morgan fingerprint density at radius 1 is 1.44 bits per heavy atom. The molecule has 96 valence electrons. The Balaban J connectivity index is 2.42. The first kappa shape index (κ1) is 12.5. The normalized spacial score (nSPS) is 12.4. The van der Waals surface area contributed by atoms with Gasteiger partial charge in [0.25, 0.3) is 0 Å². The molecule has 5 nitrogen and oxygen atoms in total. The lowest BCUT2D eigenvalue weighted by Crippen LogP contribution is -2.20. The molecule has 2 rings (SSSR count). The van der Waals surface area contributed by atoms with E-state index < -0.39 is 0 Å². The molecule has 0 spiro atoms.